The van der Waals surface area contributed by atoms with Crippen LogP contribution in [0.15, 0.2) is 35.8 Å². The van der Waals surface area contributed by atoms with E-state index in [1.165, 1.54) is 4.88 Å². The van der Waals surface area contributed by atoms with Crippen LogP contribution in [0.1, 0.15) is 10.6 Å². The van der Waals surface area contributed by atoms with Gasteiger partial charge in [0.05, 0.1) is 23.4 Å². The number of rotatable bonds is 4. The SMILES string of the molecule is Cc1ncsc1CN(C)c1n[nH]c(=S)n1-c1ccccc1. The first-order valence-corrected chi connectivity index (χ1v) is 7.78. The Balaban J connectivity index is 1.96. The molecule has 0 spiro atoms. The summed E-state index contributed by atoms with van der Waals surface area (Å²) in [6.07, 6.45) is 0. The maximum atomic E-state index is 5.36. The van der Waals surface area contributed by atoms with E-state index < -0.39 is 0 Å². The normalized spacial score (nSPS) is 10.8. The Morgan fingerprint density at radius 1 is 1.33 bits per heavy atom. The molecule has 1 aromatic carbocycles. The Hall–Kier alpha value is -1.99. The molecule has 3 aromatic rings. The summed E-state index contributed by atoms with van der Waals surface area (Å²) in [6, 6.07) is 9.99. The number of aromatic amines is 1. The number of hydrogen-bond acceptors (Lipinski definition) is 5. The van der Waals surface area contributed by atoms with Crippen molar-refractivity contribution in [1.82, 2.24) is 19.7 Å². The van der Waals surface area contributed by atoms with Gasteiger partial charge in [-0.15, -0.1) is 16.4 Å². The average Bonchev–Trinajstić information content (AvgIpc) is 3.06. The Morgan fingerprint density at radius 2 is 2.10 bits per heavy atom. The molecule has 0 unspecified atom stereocenters. The Labute approximate surface area is 131 Å². The topological polar surface area (TPSA) is 49.7 Å². The van der Waals surface area contributed by atoms with Crippen LogP contribution in [-0.4, -0.2) is 26.8 Å². The minimum Gasteiger partial charge on any atom is -0.339 e. The lowest BCUT2D eigenvalue weighted by Gasteiger charge is -2.18. The van der Waals surface area contributed by atoms with Gasteiger partial charge < -0.3 is 4.90 Å². The monoisotopic (exact) mass is 317 g/mol. The number of anilines is 1. The Bertz CT molecular complexity index is 787. The summed E-state index contributed by atoms with van der Waals surface area (Å²) in [5.74, 6) is 0.791. The average molecular weight is 317 g/mol. The zero-order chi connectivity index (χ0) is 14.8. The predicted octanol–water partition coefficient (Wildman–Crippen LogP) is 3.33. The summed E-state index contributed by atoms with van der Waals surface area (Å²) in [6.45, 7) is 2.77. The van der Waals surface area contributed by atoms with Crippen LogP contribution < -0.4 is 4.90 Å². The summed E-state index contributed by atoms with van der Waals surface area (Å²) in [4.78, 5) is 7.58. The second-order valence-electron chi connectivity index (χ2n) is 4.72. The van der Waals surface area contributed by atoms with Gasteiger partial charge in [-0.1, -0.05) is 18.2 Å². The first kappa shape index (κ1) is 14.0. The number of thiazole rings is 1. The van der Waals surface area contributed by atoms with Crippen molar-refractivity contribution >= 4 is 29.5 Å². The van der Waals surface area contributed by atoms with E-state index >= 15 is 0 Å². The lowest BCUT2D eigenvalue weighted by molar-refractivity contribution is 0.846. The number of nitrogens with one attached hydrogen (secondary N) is 1. The highest BCUT2D eigenvalue weighted by Gasteiger charge is 2.14. The van der Waals surface area contributed by atoms with Crippen LogP contribution in [0, 0.1) is 11.7 Å². The molecular formula is C14H15N5S2. The van der Waals surface area contributed by atoms with Crippen LogP contribution in [0.4, 0.5) is 5.95 Å². The Morgan fingerprint density at radius 3 is 2.76 bits per heavy atom. The molecule has 21 heavy (non-hydrogen) atoms. The Kier molecular flexibility index (Phi) is 3.85. The van der Waals surface area contributed by atoms with Crippen molar-refractivity contribution in [3.63, 3.8) is 0 Å². The molecule has 0 saturated heterocycles. The summed E-state index contributed by atoms with van der Waals surface area (Å²) in [7, 11) is 2.00. The largest absolute Gasteiger partial charge is 0.339 e. The van der Waals surface area contributed by atoms with Gasteiger partial charge in [-0.2, -0.15) is 0 Å². The molecule has 7 heteroatoms. The van der Waals surface area contributed by atoms with Crippen molar-refractivity contribution in [3.05, 3.63) is 51.2 Å². The van der Waals surface area contributed by atoms with Gasteiger partial charge in [-0.25, -0.2) is 10.1 Å². The summed E-state index contributed by atoms with van der Waals surface area (Å²) in [5, 5.41) is 7.23. The third-order valence-corrected chi connectivity index (χ3v) is 4.43. The van der Waals surface area contributed by atoms with Gasteiger partial charge in [-0.05, 0) is 31.3 Å². The number of nitrogens with zero attached hydrogens (tertiary/aromatic N) is 4. The summed E-state index contributed by atoms with van der Waals surface area (Å²) < 4.78 is 2.52. The van der Waals surface area contributed by atoms with Gasteiger partial charge in [0.1, 0.15) is 0 Å². The highest BCUT2D eigenvalue weighted by atomic mass is 32.1. The second kappa shape index (κ2) is 5.79. The maximum absolute atomic E-state index is 5.36. The van der Waals surface area contributed by atoms with Crippen LogP contribution in [0.5, 0.6) is 0 Å². The molecule has 0 aliphatic rings. The van der Waals surface area contributed by atoms with Gasteiger partial charge in [0.2, 0.25) is 10.7 Å². The zero-order valence-corrected chi connectivity index (χ0v) is 13.4. The fourth-order valence-corrected chi connectivity index (χ4v) is 3.18. The molecule has 5 nitrogen and oxygen atoms in total. The van der Waals surface area contributed by atoms with Crippen molar-refractivity contribution < 1.29 is 0 Å². The van der Waals surface area contributed by atoms with Gasteiger partial charge in [0.25, 0.3) is 0 Å². The van der Waals surface area contributed by atoms with E-state index in [2.05, 4.69) is 20.1 Å². The van der Waals surface area contributed by atoms with Crippen molar-refractivity contribution in [1.29, 1.82) is 0 Å². The van der Waals surface area contributed by atoms with Crippen LogP contribution in [0.25, 0.3) is 5.69 Å². The van der Waals surface area contributed by atoms with E-state index in [0.29, 0.717) is 4.77 Å². The van der Waals surface area contributed by atoms with E-state index in [9.17, 15) is 0 Å². The first-order chi connectivity index (χ1) is 10.2. The molecule has 0 bridgehead atoms. The number of hydrogen-bond donors (Lipinski definition) is 1. The van der Waals surface area contributed by atoms with E-state index in [1.54, 1.807) is 11.3 Å². The van der Waals surface area contributed by atoms with Crippen LogP contribution in [-0.2, 0) is 6.54 Å². The van der Waals surface area contributed by atoms with Crippen LogP contribution >= 0.6 is 23.6 Å². The molecule has 1 N–H and O–H groups in total. The quantitative estimate of drug-likeness (QED) is 0.750. The van der Waals surface area contributed by atoms with Crippen LogP contribution in [0.2, 0.25) is 0 Å². The predicted molar refractivity (Wildman–Crippen MR) is 87.7 cm³/mol. The number of aromatic nitrogens is 4. The van der Waals surface area contributed by atoms with Crippen molar-refractivity contribution in [3.8, 4) is 5.69 Å². The van der Waals surface area contributed by atoms with E-state index in [1.807, 2.05) is 54.4 Å². The van der Waals surface area contributed by atoms with Crippen LogP contribution in [0.3, 0.4) is 0 Å². The standard InChI is InChI=1S/C14H15N5S2/c1-10-12(21-9-15-10)8-18(2)13-16-17-14(20)19(13)11-6-4-3-5-7-11/h3-7,9H,8H2,1-2H3,(H,17,20). The fraction of sp³-hybridized carbons (Fsp3) is 0.214. The molecule has 0 amide bonds. The maximum Gasteiger partial charge on any atom is 0.230 e. The van der Waals surface area contributed by atoms with Gasteiger partial charge in [0, 0.05) is 11.9 Å². The molecule has 0 radical (unpaired) electrons. The highest BCUT2D eigenvalue weighted by molar-refractivity contribution is 7.71. The van der Waals surface area contributed by atoms with Crippen molar-refractivity contribution in [2.45, 2.75) is 13.5 Å². The molecule has 108 valence electrons. The number of H-pyrrole nitrogens is 1. The molecular weight excluding hydrogens is 302 g/mol. The lowest BCUT2D eigenvalue weighted by atomic mass is 10.3. The highest BCUT2D eigenvalue weighted by Crippen LogP contribution is 2.21. The minimum absolute atomic E-state index is 0.587. The van der Waals surface area contributed by atoms with E-state index in [0.717, 1.165) is 23.9 Å². The van der Waals surface area contributed by atoms with E-state index in [4.69, 9.17) is 12.2 Å². The number of benzene rings is 1. The molecule has 0 saturated carbocycles. The molecule has 3 rings (SSSR count). The van der Waals surface area contributed by atoms with Gasteiger partial charge >= 0.3 is 0 Å². The van der Waals surface area contributed by atoms with E-state index in [-0.39, 0.29) is 0 Å². The van der Waals surface area contributed by atoms with Crippen molar-refractivity contribution in [2.75, 3.05) is 11.9 Å². The number of para-hydroxylation sites is 1. The molecule has 2 aromatic heterocycles. The molecule has 2 heterocycles. The number of aryl methyl sites for hydroxylation is 1. The third-order valence-electron chi connectivity index (χ3n) is 3.24. The van der Waals surface area contributed by atoms with Gasteiger partial charge in [0.15, 0.2) is 0 Å². The molecule has 0 fully saturated rings. The summed E-state index contributed by atoms with van der Waals surface area (Å²) in [5.41, 5.74) is 3.93. The lowest BCUT2D eigenvalue weighted by Crippen LogP contribution is -2.20. The molecule has 0 aliphatic heterocycles. The zero-order valence-electron chi connectivity index (χ0n) is 11.8. The van der Waals surface area contributed by atoms with Crippen molar-refractivity contribution in [2.24, 2.45) is 0 Å². The van der Waals surface area contributed by atoms with Gasteiger partial charge in [-0.3, -0.25) is 4.57 Å². The molecule has 0 atom stereocenters. The fourth-order valence-electron chi connectivity index (χ4n) is 2.12. The minimum atomic E-state index is 0.587. The summed E-state index contributed by atoms with van der Waals surface area (Å²) >= 11 is 7.01. The third kappa shape index (κ3) is 2.74. The smallest absolute Gasteiger partial charge is 0.230 e. The first-order valence-electron chi connectivity index (χ1n) is 6.50. The second-order valence-corrected chi connectivity index (χ2v) is 6.04. The molecule has 0 aliphatic carbocycles.